The number of methoxy groups -OCH3 is 1. The number of rotatable bonds is 10. The molecule has 4 nitrogen and oxygen atoms in total. The van der Waals surface area contributed by atoms with E-state index >= 15 is 0 Å². The number of ether oxygens (including phenoxy) is 2. The summed E-state index contributed by atoms with van der Waals surface area (Å²) >= 11 is 1.39. The molecule has 20 heavy (non-hydrogen) atoms. The first kappa shape index (κ1) is 16.9. The summed E-state index contributed by atoms with van der Waals surface area (Å²) in [5.41, 5.74) is 0. The number of hydrogen-bond acceptors (Lipinski definition) is 4. The molecule has 0 bridgehead atoms. The van der Waals surface area contributed by atoms with Gasteiger partial charge >= 0.3 is 0 Å². The van der Waals surface area contributed by atoms with Gasteiger partial charge in [0, 0.05) is 25.2 Å². The minimum absolute atomic E-state index is 0.0313. The number of halogens is 1. The summed E-state index contributed by atoms with van der Waals surface area (Å²) < 4.78 is 22.8. The fourth-order valence-electron chi connectivity index (χ4n) is 1.38. The van der Waals surface area contributed by atoms with Crippen molar-refractivity contribution in [3.8, 4) is 0 Å². The van der Waals surface area contributed by atoms with Crippen LogP contribution in [-0.2, 0) is 14.3 Å². The maximum absolute atomic E-state index is 12.7. The lowest BCUT2D eigenvalue weighted by molar-refractivity contribution is -0.118. The number of thioether (sulfide) groups is 1. The van der Waals surface area contributed by atoms with Gasteiger partial charge in [0.15, 0.2) is 0 Å². The van der Waals surface area contributed by atoms with E-state index in [4.69, 9.17) is 9.47 Å². The highest BCUT2D eigenvalue weighted by molar-refractivity contribution is 8.00. The molecule has 0 unspecified atom stereocenters. The third kappa shape index (κ3) is 8.14. The molecule has 0 aliphatic heterocycles. The van der Waals surface area contributed by atoms with Crippen LogP contribution >= 0.6 is 11.8 Å². The van der Waals surface area contributed by atoms with Crippen LogP contribution in [0.15, 0.2) is 29.2 Å². The van der Waals surface area contributed by atoms with Gasteiger partial charge in [-0.2, -0.15) is 0 Å². The molecule has 0 atom stereocenters. The minimum atomic E-state index is -0.271. The molecule has 0 aromatic heterocycles. The Bertz CT molecular complexity index is 387. The Hall–Kier alpha value is -1.11. The van der Waals surface area contributed by atoms with E-state index in [1.807, 2.05) is 0 Å². The number of carbonyl (C=O) groups excluding carboxylic acids is 1. The fourth-order valence-corrected chi connectivity index (χ4v) is 2.11. The van der Waals surface area contributed by atoms with Crippen LogP contribution in [0.1, 0.15) is 6.42 Å². The third-order valence-corrected chi connectivity index (χ3v) is 3.42. The normalized spacial score (nSPS) is 10.5. The molecule has 0 heterocycles. The molecule has 112 valence electrons. The van der Waals surface area contributed by atoms with Crippen molar-refractivity contribution in [3.05, 3.63) is 30.1 Å². The summed E-state index contributed by atoms with van der Waals surface area (Å²) in [5, 5.41) is 2.81. The highest BCUT2D eigenvalue weighted by Gasteiger charge is 2.02. The van der Waals surface area contributed by atoms with Gasteiger partial charge in [0.1, 0.15) is 5.82 Å². The average molecular weight is 301 g/mol. The van der Waals surface area contributed by atoms with Gasteiger partial charge in [-0.3, -0.25) is 4.79 Å². The zero-order chi connectivity index (χ0) is 14.6. The van der Waals surface area contributed by atoms with E-state index in [2.05, 4.69) is 5.32 Å². The molecule has 1 amide bonds. The van der Waals surface area contributed by atoms with Gasteiger partial charge in [-0.25, -0.2) is 4.39 Å². The molecule has 0 saturated carbocycles. The lowest BCUT2D eigenvalue weighted by Gasteiger charge is -2.06. The lowest BCUT2D eigenvalue weighted by atomic mass is 10.4. The van der Waals surface area contributed by atoms with E-state index in [-0.39, 0.29) is 11.7 Å². The van der Waals surface area contributed by atoms with E-state index in [0.717, 1.165) is 11.3 Å². The summed E-state index contributed by atoms with van der Waals surface area (Å²) in [6, 6.07) is 6.10. The zero-order valence-corrected chi connectivity index (χ0v) is 12.4. The highest BCUT2D eigenvalue weighted by Crippen LogP contribution is 2.17. The monoisotopic (exact) mass is 301 g/mol. The second kappa shape index (κ2) is 10.7. The van der Waals surface area contributed by atoms with Gasteiger partial charge in [-0.05, 0) is 30.7 Å². The van der Waals surface area contributed by atoms with Gasteiger partial charge in [-0.1, -0.05) is 0 Å². The second-order valence-corrected chi connectivity index (χ2v) is 5.10. The van der Waals surface area contributed by atoms with Crippen molar-refractivity contribution in [2.45, 2.75) is 11.3 Å². The number of amides is 1. The molecule has 0 spiro atoms. The molecule has 1 rings (SSSR count). The fraction of sp³-hybridized carbons (Fsp3) is 0.500. The SMILES string of the molecule is COCCOCCCNC(=O)CSc1ccc(F)cc1. The second-order valence-electron chi connectivity index (χ2n) is 4.05. The summed E-state index contributed by atoms with van der Waals surface area (Å²) in [5.74, 6) is 0.0272. The highest BCUT2D eigenvalue weighted by atomic mass is 32.2. The van der Waals surface area contributed by atoms with Crippen LogP contribution in [0.4, 0.5) is 4.39 Å². The molecular weight excluding hydrogens is 281 g/mol. The van der Waals surface area contributed by atoms with Crippen molar-refractivity contribution < 1.29 is 18.7 Å². The van der Waals surface area contributed by atoms with Crippen LogP contribution in [-0.4, -0.2) is 45.1 Å². The maximum Gasteiger partial charge on any atom is 0.230 e. The number of benzene rings is 1. The van der Waals surface area contributed by atoms with Crippen LogP contribution in [0.2, 0.25) is 0 Å². The van der Waals surface area contributed by atoms with E-state index in [9.17, 15) is 9.18 Å². The molecule has 1 aromatic carbocycles. The van der Waals surface area contributed by atoms with E-state index in [1.54, 1.807) is 19.2 Å². The van der Waals surface area contributed by atoms with Crippen molar-refractivity contribution in [2.24, 2.45) is 0 Å². The summed E-state index contributed by atoms with van der Waals surface area (Å²) in [6.45, 7) is 2.36. The molecule has 6 heteroatoms. The van der Waals surface area contributed by atoms with E-state index in [1.165, 1.54) is 23.9 Å². The smallest absolute Gasteiger partial charge is 0.230 e. The number of nitrogens with one attached hydrogen (secondary N) is 1. The van der Waals surface area contributed by atoms with Crippen molar-refractivity contribution in [1.29, 1.82) is 0 Å². The van der Waals surface area contributed by atoms with Crippen LogP contribution in [0.25, 0.3) is 0 Å². The van der Waals surface area contributed by atoms with Gasteiger partial charge in [0.25, 0.3) is 0 Å². The first-order chi connectivity index (χ1) is 9.72. The molecule has 0 radical (unpaired) electrons. The minimum Gasteiger partial charge on any atom is -0.382 e. The molecule has 1 N–H and O–H groups in total. The Morgan fingerprint density at radius 1 is 1.25 bits per heavy atom. The van der Waals surface area contributed by atoms with Gasteiger partial charge < -0.3 is 14.8 Å². The first-order valence-corrected chi connectivity index (χ1v) is 7.42. The Kier molecular flexibility index (Phi) is 9.02. The first-order valence-electron chi connectivity index (χ1n) is 6.44. The quantitative estimate of drug-likeness (QED) is 0.531. The van der Waals surface area contributed by atoms with Crippen molar-refractivity contribution in [3.63, 3.8) is 0 Å². The van der Waals surface area contributed by atoms with Crippen LogP contribution < -0.4 is 5.32 Å². The van der Waals surface area contributed by atoms with E-state index in [0.29, 0.717) is 32.1 Å². The molecule has 0 aliphatic rings. The number of hydrogen-bond donors (Lipinski definition) is 1. The molecule has 0 saturated heterocycles. The Morgan fingerprint density at radius 3 is 2.70 bits per heavy atom. The van der Waals surface area contributed by atoms with Crippen molar-refractivity contribution in [2.75, 3.05) is 39.2 Å². The summed E-state index contributed by atoms with van der Waals surface area (Å²) in [7, 11) is 1.63. The largest absolute Gasteiger partial charge is 0.382 e. The van der Waals surface area contributed by atoms with Crippen LogP contribution in [0.3, 0.4) is 0 Å². The molecular formula is C14H20FNO3S. The predicted octanol–water partition coefficient (Wildman–Crippen LogP) is 2.09. The number of carbonyl (C=O) groups is 1. The average Bonchev–Trinajstić information content (AvgIpc) is 2.46. The van der Waals surface area contributed by atoms with Gasteiger partial charge in [0.05, 0.1) is 19.0 Å². The van der Waals surface area contributed by atoms with Crippen molar-refractivity contribution >= 4 is 17.7 Å². The summed E-state index contributed by atoms with van der Waals surface area (Å²) in [6.07, 6.45) is 0.774. The summed E-state index contributed by atoms with van der Waals surface area (Å²) in [4.78, 5) is 12.4. The van der Waals surface area contributed by atoms with Crippen molar-refractivity contribution in [1.82, 2.24) is 5.32 Å². The topological polar surface area (TPSA) is 47.6 Å². The standard InChI is InChI=1S/C14H20FNO3S/c1-18-9-10-19-8-2-7-16-14(17)11-20-13-5-3-12(15)4-6-13/h3-6H,2,7-11H2,1H3,(H,16,17). The van der Waals surface area contributed by atoms with Crippen LogP contribution in [0, 0.1) is 5.82 Å². The molecule has 0 aliphatic carbocycles. The Labute approximate surface area is 123 Å². The zero-order valence-electron chi connectivity index (χ0n) is 11.6. The molecule has 0 fully saturated rings. The Balaban J connectivity index is 2.01. The maximum atomic E-state index is 12.7. The van der Waals surface area contributed by atoms with Gasteiger partial charge in [0.2, 0.25) is 5.91 Å². The molecule has 1 aromatic rings. The van der Waals surface area contributed by atoms with Gasteiger partial charge in [-0.15, -0.1) is 11.8 Å². The third-order valence-electron chi connectivity index (χ3n) is 2.40. The lowest BCUT2D eigenvalue weighted by Crippen LogP contribution is -2.27. The Morgan fingerprint density at radius 2 is 2.00 bits per heavy atom. The van der Waals surface area contributed by atoms with Crippen LogP contribution in [0.5, 0.6) is 0 Å². The predicted molar refractivity (Wildman–Crippen MR) is 77.4 cm³/mol. The van der Waals surface area contributed by atoms with E-state index < -0.39 is 0 Å².